The minimum atomic E-state index is -1.03. The lowest BCUT2D eigenvalue weighted by Crippen LogP contribution is -1.65. The zero-order chi connectivity index (χ0) is 4.41. The molecule has 1 unspecified atom stereocenters. The van der Waals surface area contributed by atoms with Crippen LogP contribution in [0.4, 0.5) is 0 Å². The van der Waals surface area contributed by atoms with Gasteiger partial charge in [0.05, 0.1) is 0 Å². The van der Waals surface area contributed by atoms with E-state index in [2.05, 4.69) is 14.5 Å². The van der Waals surface area contributed by atoms with Gasteiger partial charge in [-0.3, -0.25) is 4.52 Å². The molecule has 34 valence electrons. The van der Waals surface area contributed by atoms with Crippen molar-refractivity contribution in [1.29, 1.82) is 0 Å². The first-order valence-corrected chi connectivity index (χ1v) is 3.47. The maximum Gasteiger partial charge on any atom is 0.278 e. The normalized spacial score (nSPS) is 31.8. The van der Waals surface area contributed by atoms with Crippen LogP contribution in [-0.2, 0) is 4.52 Å². The molecular weight excluding hydrogens is 122 g/mol. The van der Waals surface area contributed by atoms with E-state index < -0.39 is 7.65 Å². The van der Waals surface area contributed by atoms with Crippen molar-refractivity contribution in [3.05, 3.63) is 0 Å². The Morgan fingerprint density at radius 1 is 1.83 bits per heavy atom. The van der Waals surface area contributed by atoms with Crippen LogP contribution in [0.25, 0.3) is 0 Å². The Hall–Kier alpha value is 0.280. The van der Waals surface area contributed by atoms with E-state index in [1.54, 1.807) is 0 Å². The molecule has 1 atom stereocenters. The molecule has 0 aromatic heterocycles. The van der Waals surface area contributed by atoms with Gasteiger partial charge >= 0.3 is 0 Å². The zero-order valence-electron chi connectivity index (χ0n) is 2.83. The van der Waals surface area contributed by atoms with Crippen molar-refractivity contribution >= 4 is 18.9 Å². The summed E-state index contributed by atoms with van der Waals surface area (Å²) in [6.07, 6.45) is 0. The van der Waals surface area contributed by atoms with Crippen LogP contribution < -0.4 is 0 Å². The summed E-state index contributed by atoms with van der Waals surface area (Å²) in [5.74, 6) is 0. The van der Waals surface area contributed by atoms with Gasteiger partial charge in [-0.2, -0.15) is 5.11 Å². The Balaban J connectivity index is 2.38. The molecule has 1 rings (SSSR count). The summed E-state index contributed by atoms with van der Waals surface area (Å²) in [5, 5.41) is 3.46. The molecule has 0 fully saturated rings. The average Bonchev–Trinajstić information content (AvgIpc) is 1.86. The molecular formula is CH2ClN2OP. The smallest absolute Gasteiger partial charge is 0.278 e. The minimum absolute atomic E-state index is 0.342. The van der Waals surface area contributed by atoms with Crippen molar-refractivity contribution in [2.24, 2.45) is 10.00 Å². The van der Waals surface area contributed by atoms with Gasteiger partial charge in [0.15, 0.2) is 6.73 Å². The van der Waals surface area contributed by atoms with Gasteiger partial charge in [0.2, 0.25) is 0 Å². The average molecular weight is 124 g/mol. The molecule has 0 aromatic rings. The lowest BCUT2D eigenvalue weighted by Gasteiger charge is -1.83. The van der Waals surface area contributed by atoms with Crippen molar-refractivity contribution in [3.8, 4) is 0 Å². The standard InChI is InChI=1S/CH2ClN2OP/c2-6-4-3-1-5-6/h1H2. The topological polar surface area (TPSA) is 34.0 Å². The number of halogens is 1. The molecule has 0 radical (unpaired) electrons. The van der Waals surface area contributed by atoms with Crippen LogP contribution in [0, 0.1) is 0 Å². The Labute approximate surface area is 41.0 Å². The maximum absolute atomic E-state index is 5.29. The molecule has 0 saturated carbocycles. The Morgan fingerprint density at radius 2 is 2.67 bits per heavy atom. The summed E-state index contributed by atoms with van der Waals surface area (Å²) >= 11 is 5.29. The largest absolute Gasteiger partial charge is 0.300 e. The number of rotatable bonds is 0. The van der Waals surface area contributed by atoms with Gasteiger partial charge in [0.25, 0.3) is 7.65 Å². The molecule has 0 N–H and O–H groups in total. The summed E-state index contributed by atoms with van der Waals surface area (Å²) < 4.78 is 4.65. The van der Waals surface area contributed by atoms with Crippen molar-refractivity contribution in [1.82, 2.24) is 0 Å². The Kier molecular flexibility index (Phi) is 1.35. The van der Waals surface area contributed by atoms with Crippen molar-refractivity contribution < 1.29 is 4.52 Å². The van der Waals surface area contributed by atoms with Crippen LogP contribution in [0.2, 0.25) is 0 Å². The first-order chi connectivity index (χ1) is 2.89. The molecule has 1 heterocycles. The minimum Gasteiger partial charge on any atom is -0.300 e. The maximum atomic E-state index is 5.29. The van der Waals surface area contributed by atoms with Gasteiger partial charge in [-0.15, -0.1) is 4.88 Å². The van der Waals surface area contributed by atoms with Gasteiger partial charge in [-0.1, -0.05) is 0 Å². The molecule has 5 heteroatoms. The van der Waals surface area contributed by atoms with E-state index in [0.717, 1.165) is 0 Å². The first kappa shape index (κ1) is 4.44. The fourth-order valence-electron chi connectivity index (χ4n) is 0.175. The highest BCUT2D eigenvalue weighted by Gasteiger charge is 2.06. The predicted molar refractivity (Wildman–Crippen MR) is 23.6 cm³/mol. The molecule has 3 nitrogen and oxygen atoms in total. The summed E-state index contributed by atoms with van der Waals surface area (Å²) in [6.45, 7) is 0.342. The van der Waals surface area contributed by atoms with Gasteiger partial charge in [0.1, 0.15) is 0 Å². The summed E-state index contributed by atoms with van der Waals surface area (Å²) in [7, 11) is -1.03. The summed E-state index contributed by atoms with van der Waals surface area (Å²) in [6, 6.07) is 0. The van der Waals surface area contributed by atoms with E-state index in [9.17, 15) is 0 Å². The molecule has 0 saturated heterocycles. The fraction of sp³-hybridized carbons (Fsp3) is 1.00. The van der Waals surface area contributed by atoms with Crippen LogP contribution in [-0.4, -0.2) is 6.73 Å². The van der Waals surface area contributed by atoms with Gasteiger partial charge in [-0.05, 0) is 11.2 Å². The van der Waals surface area contributed by atoms with Crippen molar-refractivity contribution in [2.75, 3.05) is 6.73 Å². The number of hydrogen-bond acceptors (Lipinski definition) is 3. The van der Waals surface area contributed by atoms with Crippen LogP contribution in [0.5, 0.6) is 0 Å². The number of hydrogen-bond donors (Lipinski definition) is 0. The highest BCUT2D eigenvalue weighted by atomic mass is 35.7. The van der Waals surface area contributed by atoms with E-state index in [1.165, 1.54) is 0 Å². The lowest BCUT2D eigenvalue weighted by atomic mass is 11.4. The summed E-state index contributed by atoms with van der Waals surface area (Å²) in [4.78, 5) is 3.47. The summed E-state index contributed by atoms with van der Waals surface area (Å²) in [5.41, 5.74) is 0. The van der Waals surface area contributed by atoms with Crippen LogP contribution in [0.15, 0.2) is 10.00 Å². The second-order valence-corrected chi connectivity index (χ2v) is 2.47. The highest BCUT2D eigenvalue weighted by Crippen LogP contribution is 2.47. The van der Waals surface area contributed by atoms with E-state index in [4.69, 9.17) is 11.2 Å². The van der Waals surface area contributed by atoms with Crippen molar-refractivity contribution in [2.45, 2.75) is 0 Å². The van der Waals surface area contributed by atoms with E-state index in [-0.39, 0.29) is 0 Å². The molecule has 1 aliphatic heterocycles. The first-order valence-electron chi connectivity index (χ1n) is 1.36. The third-order valence-electron chi connectivity index (χ3n) is 0.356. The van der Waals surface area contributed by atoms with Crippen molar-refractivity contribution in [3.63, 3.8) is 0 Å². The predicted octanol–water partition coefficient (Wildman–Crippen LogP) is 1.89. The van der Waals surface area contributed by atoms with Crippen LogP contribution in [0.1, 0.15) is 0 Å². The lowest BCUT2D eigenvalue weighted by molar-refractivity contribution is 0.393. The molecule has 0 bridgehead atoms. The van der Waals surface area contributed by atoms with E-state index in [1.807, 2.05) is 0 Å². The molecule has 0 aromatic carbocycles. The highest BCUT2D eigenvalue weighted by molar-refractivity contribution is 7.78. The molecule has 0 amide bonds. The Morgan fingerprint density at radius 3 is 2.83 bits per heavy atom. The van der Waals surface area contributed by atoms with Crippen LogP contribution >= 0.6 is 18.9 Å². The quantitative estimate of drug-likeness (QED) is 0.454. The molecule has 0 spiro atoms. The monoisotopic (exact) mass is 124 g/mol. The van der Waals surface area contributed by atoms with Gasteiger partial charge < -0.3 is 0 Å². The fourth-order valence-corrected chi connectivity index (χ4v) is 0.799. The van der Waals surface area contributed by atoms with Crippen LogP contribution in [0.3, 0.4) is 0 Å². The van der Waals surface area contributed by atoms with Gasteiger partial charge in [-0.25, -0.2) is 0 Å². The zero-order valence-corrected chi connectivity index (χ0v) is 4.49. The molecule has 1 aliphatic rings. The molecule has 6 heavy (non-hydrogen) atoms. The SMILES string of the molecule is ClP1N=NCO1. The van der Waals surface area contributed by atoms with E-state index in [0.29, 0.717) is 6.73 Å². The van der Waals surface area contributed by atoms with E-state index >= 15 is 0 Å². The molecule has 0 aliphatic carbocycles. The van der Waals surface area contributed by atoms with Gasteiger partial charge in [0, 0.05) is 0 Å². The third kappa shape index (κ3) is 0.869. The number of nitrogens with zero attached hydrogens (tertiary/aromatic N) is 2. The Bertz CT molecular complexity index is 75.9. The third-order valence-corrected chi connectivity index (χ3v) is 1.45. The second-order valence-electron chi connectivity index (χ2n) is 0.715. The second kappa shape index (κ2) is 1.82.